The van der Waals surface area contributed by atoms with Gasteiger partial charge in [-0.1, -0.05) is 23.4 Å². The summed E-state index contributed by atoms with van der Waals surface area (Å²) in [6.07, 6.45) is 2.94. The van der Waals surface area contributed by atoms with Gasteiger partial charge in [0.15, 0.2) is 0 Å². The lowest BCUT2D eigenvalue weighted by Crippen LogP contribution is -2.46. The molecule has 0 spiro atoms. The SMILES string of the molecule is NCC(=O)N1C[C@H](NC(=O)c2ccccc2)C[C@H]1C(=O)Nc1cnoc1. The monoisotopic (exact) mass is 357 g/mol. The number of nitrogens with one attached hydrogen (secondary N) is 2. The summed E-state index contributed by atoms with van der Waals surface area (Å²) in [5.74, 6) is -0.991. The van der Waals surface area contributed by atoms with Gasteiger partial charge in [0.25, 0.3) is 5.91 Å². The molecule has 4 N–H and O–H groups in total. The highest BCUT2D eigenvalue weighted by atomic mass is 16.5. The Morgan fingerprint density at radius 2 is 2.04 bits per heavy atom. The van der Waals surface area contributed by atoms with E-state index in [2.05, 4.69) is 20.3 Å². The summed E-state index contributed by atoms with van der Waals surface area (Å²) in [6.45, 7) is 0.00667. The lowest BCUT2D eigenvalue weighted by Gasteiger charge is -2.22. The molecule has 136 valence electrons. The van der Waals surface area contributed by atoms with Crippen LogP contribution in [0.15, 0.2) is 47.3 Å². The standard InChI is InChI=1S/C17H19N5O4/c18-7-15(23)22-9-12(20-16(24)11-4-2-1-3-5-11)6-14(22)17(25)21-13-8-19-26-10-13/h1-5,8,10,12,14H,6-7,9,18H2,(H,20,24)(H,21,25)/t12-,14+/m1/s1. The Morgan fingerprint density at radius 3 is 2.69 bits per heavy atom. The number of hydrogen-bond acceptors (Lipinski definition) is 6. The van der Waals surface area contributed by atoms with Gasteiger partial charge in [0.2, 0.25) is 11.8 Å². The summed E-state index contributed by atoms with van der Waals surface area (Å²) >= 11 is 0. The quantitative estimate of drug-likeness (QED) is 0.689. The topological polar surface area (TPSA) is 131 Å². The molecule has 2 aromatic rings. The van der Waals surface area contributed by atoms with Crippen LogP contribution in [0.5, 0.6) is 0 Å². The highest BCUT2D eigenvalue weighted by Crippen LogP contribution is 2.20. The van der Waals surface area contributed by atoms with Gasteiger partial charge in [0.05, 0.1) is 12.7 Å². The third-order valence-electron chi connectivity index (χ3n) is 4.17. The van der Waals surface area contributed by atoms with Crippen molar-refractivity contribution in [2.45, 2.75) is 18.5 Å². The number of rotatable bonds is 5. The van der Waals surface area contributed by atoms with Crippen molar-refractivity contribution in [1.82, 2.24) is 15.4 Å². The Labute approximate surface area is 149 Å². The van der Waals surface area contributed by atoms with Gasteiger partial charge in [-0.3, -0.25) is 14.4 Å². The molecular formula is C17H19N5O4. The van der Waals surface area contributed by atoms with Gasteiger partial charge >= 0.3 is 0 Å². The van der Waals surface area contributed by atoms with Crippen molar-refractivity contribution < 1.29 is 18.9 Å². The van der Waals surface area contributed by atoms with E-state index in [-0.39, 0.29) is 36.9 Å². The maximum atomic E-state index is 12.5. The average Bonchev–Trinajstić information content (AvgIpc) is 3.31. The van der Waals surface area contributed by atoms with E-state index in [9.17, 15) is 14.4 Å². The van der Waals surface area contributed by atoms with E-state index in [1.54, 1.807) is 24.3 Å². The molecule has 9 heteroatoms. The first-order valence-electron chi connectivity index (χ1n) is 8.14. The van der Waals surface area contributed by atoms with Crippen LogP contribution in [-0.4, -0.2) is 53.0 Å². The number of nitrogens with zero attached hydrogens (tertiary/aromatic N) is 2. The first kappa shape index (κ1) is 17.6. The second-order valence-corrected chi connectivity index (χ2v) is 5.94. The number of hydrogen-bond donors (Lipinski definition) is 3. The van der Waals surface area contributed by atoms with Crippen LogP contribution < -0.4 is 16.4 Å². The van der Waals surface area contributed by atoms with Gasteiger partial charge in [0.1, 0.15) is 18.0 Å². The Bertz CT molecular complexity index is 778. The molecule has 0 radical (unpaired) electrons. The third kappa shape index (κ3) is 3.89. The summed E-state index contributed by atoms with van der Waals surface area (Å²) in [7, 11) is 0. The van der Waals surface area contributed by atoms with Crippen LogP contribution in [0.4, 0.5) is 5.69 Å². The van der Waals surface area contributed by atoms with E-state index in [1.165, 1.54) is 17.4 Å². The molecule has 9 nitrogen and oxygen atoms in total. The molecule has 1 aromatic heterocycles. The Hall–Kier alpha value is -3.20. The highest BCUT2D eigenvalue weighted by Gasteiger charge is 2.39. The largest absolute Gasteiger partial charge is 0.363 e. The number of benzene rings is 1. The summed E-state index contributed by atoms with van der Waals surface area (Å²) in [5, 5.41) is 9.01. The normalized spacial score (nSPS) is 19.2. The maximum Gasteiger partial charge on any atom is 0.251 e. The summed E-state index contributed by atoms with van der Waals surface area (Å²) in [4.78, 5) is 38.3. The van der Waals surface area contributed by atoms with Crippen LogP contribution in [0.1, 0.15) is 16.8 Å². The van der Waals surface area contributed by atoms with Crippen molar-refractivity contribution in [2.75, 3.05) is 18.4 Å². The third-order valence-corrected chi connectivity index (χ3v) is 4.17. The van der Waals surface area contributed by atoms with Crippen molar-refractivity contribution in [1.29, 1.82) is 0 Å². The Kier molecular flexibility index (Phi) is 5.28. The smallest absolute Gasteiger partial charge is 0.251 e. The molecule has 0 aliphatic carbocycles. The predicted molar refractivity (Wildman–Crippen MR) is 92.0 cm³/mol. The second kappa shape index (κ2) is 7.79. The molecule has 1 fully saturated rings. The molecular weight excluding hydrogens is 338 g/mol. The summed E-state index contributed by atoms with van der Waals surface area (Å²) < 4.78 is 4.67. The minimum Gasteiger partial charge on any atom is -0.363 e. The second-order valence-electron chi connectivity index (χ2n) is 5.94. The van der Waals surface area contributed by atoms with Crippen LogP contribution in [0.3, 0.4) is 0 Å². The zero-order valence-corrected chi connectivity index (χ0v) is 13.9. The van der Waals surface area contributed by atoms with E-state index in [0.717, 1.165) is 0 Å². The van der Waals surface area contributed by atoms with Gasteiger partial charge in [-0.15, -0.1) is 0 Å². The zero-order valence-electron chi connectivity index (χ0n) is 13.9. The maximum absolute atomic E-state index is 12.5. The molecule has 1 aliphatic heterocycles. The van der Waals surface area contributed by atoms with E-state index in [0.29, 0.717) is 17.7 Å². The predicted octanol–water partition coefficient (Wildman–Crippen LogP) is -0.0287. The van der Waals surface area contributed by atoms with Gasteiger partial charge in [0, 0.05) is 18.2 Å². The lowest BCUT2D eigenvalue weighted by molar-refractivity contribution is -0.135. The molecule has 1 aliphatic rings. The minimum atomic E-state index is -0.734. The zero-order chi connectivity index (χ0) is 18.5. The summed E-state index contributed by atoms with van der Waals surface area (Å²) in [6, 6.07) is 7.66. The number of likely N-dealkylation sites (tertiary alicyclic amines) is 1. The molecule has 3 amide bonds. The van der Waals surface area contributed by atoms with Crippen molar-refractivity contribution in [3.63, 3.8) is 0 Å². The Balaban J connectivity index is 1.69. The number of carbonyl (C=O) groups is 3. The highest BCUT2D eigenvalue weighted by molar-refractivity contribution is 5.98. The van der Waals surface area contributed by atoms with E-state index < -0.39 is 6.04 Å². The van der Waals surface area contributed by atoms with Crippen molar-refractivity contribution in [2.24, 2.45) is 5.73 Å². The fourth-order valence-electron chi connectivity index (χ4n) is 2.93. The van der Waals surface area contributed by atoms with E-state index >= 15 is 0 Å². The fraction of sp³-hybridized carbons (Fsp3) is 0.294. The summed E-state index contributed by atoms with van der Waals surface area (Å²) in [5.41, 5.74) is 6.36. The van der Waals surface area contributed by atoms with Gasteiger partial charge in [-0.05, 0) is 18.6 Å². The van der Waals surface area contributed by atoms with Crippen LogP contribution >= 0.6 is 0 Å². The number of aromatic nitrogens is 1. The van der Waals surface area contributed by atoms with Gasteiger partial charge in [-0.2, -0.15) is 0 Å². The van der Waals surface area contributed by atoms with E-state index in [4.69, 9.17) is 5.73 Å². The first-order valence-corrected chi connectivity index (χ1v) is 8.14. The van der Waals surface area contributed by atoms with E-state index in [1.807, 2.05) is 6.07 Å². The number of carbonyl (C=O) groups excluding carboxylic acids is 3. The lowest BCUT2D eigenvalue weighted by atomic mass is 10.1. The molecule has 0 saturated carbocycles. The minimum absolute atomic E-state index is 0.212. The van der Waals surface area contributed by atoms with Crippen LogP contribution in [-0.2, 0) is 9.59 Å². The molecule has 26 heavy (non-hydrogen) atoms. The van der Waals surface area contributed by atoms with Crippen molar-refractivity contribution >= 4 is 23.4 Å². The van der Waals surface area contributed by atoms with Crippen molar-refractivity contribution in [3.05, 3.63) is 48.4 Å². The van der Waals surface area contributed by atoms with Crippen LogP contribution in [0.25, 0.3) is 0 Å². The fourth-order valence-corrected chi connectivity index (χ4v) is 2.93. The number of amides is 3. The van der Waals surface area contributed by atoms with Gasteiger partial charge < -0.3 is 25.8 Å². The van der Waals surface area contributed by atoms with Crippen LogP contribution in [0, 0.1) is 0 Å². The average molecular weight is 357 g/mol. The first-order chi connectivity index (χ1) is 12.6. The molecule has 2 atom stereocenters. The molecule has 1 saturated heterocycles. The number of anilines is 1. The molecule has 2 heterocycles. The van der Waals surface area contributed by atoms with Crippen molar-refractivity contribution in [3.8, 4) is 0 Å². The molecule has 0 unspecified atom stereocenters. The molecule has 1 aromatic carbocycles. The number of nitrogens with two attached hydrogens (primary N) is 1. The Morgan fingerprint density at radius 1 is 1.27 bits per heavy atom. The molecule has 0 bridgehead atoms. The van der Waals surface area contributed by atoms with Gasteiger partial charge in [-0.25, -0.2) is 0 Å². The molecule has 3 rings (SSSR count). The van der Waals surface area contributed by atoms with Crippen LogP contribution in [0.2, 0.25) is 0 Å².